The van der Waals surface area contributed by atoms with Crippen LogP contribution in [0.2, 0.25) is 0 Å². The van der Waals surface area contributed by atoms with Gasteiger partial charge in [-0.05, 0) is 12.8 Å². The van der Waals surface area contributed by atoms with E-state index in [9.17, 15) is 34.1 Å². The Labute approximate surface area is 297 Å². The van der Waals surface area contributed by atoms with Crippen molar-refractivity contribution in [3.63, 3.8) is 0 Å². The van der Waals surface area contributed by atoms with E-state index in [1.165, 1.54) is 128 Å². The molecule has 1 amide bonds. The van der Waals surface area contributed by atoms with Gasteiger partial charge in [0.05, 0.1) is 13.2 Å². The Hall–Kier alpha value is -1.52. The van der Waals surface area contributed by atoms with Crippen molar-refractivity contribution in [3.8, 4) is 0 Å². The van der Waals surface area contributed by atoms with E-state index in [0.29, 0.717) is 12.8 Å². The first kappa shape index (κ1) is 47.5. The maximum atomic E-state index is 12.2. The third kappa shape index (κ3) is 33.4. The SMILES string of the molecule is CCCCCCCCCCCCCCCCCCCCCCCCCCC(=O)NC(COP(=O)(O)OCC(O)COC(=O)CCC)C(=O)O. The minimum atomic E-state index is -4.72. The van der Waals surface area contributed by atoms with Crippen LogP contribution in [0.1, 0.15) is 187 Å². The number of unbranched alkanes of at least 4 members (excludes halogenated alkanes) is 23. The highest BCUT2D eigenvalue weighted by Crippen LogP contribution is 2.43. The molecule has 0 aliphatic rings. The molecule has 49 heavy (non-hydrogen) atoms. The van der Waals surface area contributed by atoms with E-state index in [0.717, 1.165) is 19.3 Å². The lowest BCUT2D eigenvalue weighted by molar-refractivity contribution is -0.147. The number of carboxylic acid groups (broad SMARTS) is 1. The molecule has 3 unspecified atom stereocenters. The van der Waals surface area contributed by atoms with Crippen molar-refractivity contribution in [2.45, 2.75) is 199 Å². The van der Waals surface area contributed by atoms with Crippen LogP contribution in [-0.4, -0.2) is 64.9 Å². The molecule has 290 valence electrons. The second kappa shape index (κ2) is 33.6. The van der Waals surface area contributed by atoms with Crippen LogP contribution >= 0.6 is 7.82 Å². The predicted molar refractivity (Wildman–Crippen MR) is 194 cm³/mol. The van der Waals surface area contributed by atoms with Crippen molar-refractivity contribution in [2.24, 2.45) is 0 Å². The Morgan fingerprint density at radius 3 is 1.35 bits per heavy atom. The largest absolute Gasteiger partial charge is 0.480 e. The third-order valence-corrected chi connectivity index (χ3v) is 9.57. The van der Waals surface area contributed by atoms with E-state index in [2.05, 4.69) is 16.8 Å². The molecule has 0 saturated heterocycles. The van der Waals surface area contributed by atoms with Gasteiger partial charge < -0.3 is 25.2 Å². The van der Waals surface area contributed by atoms with Crippen LogP contribution in [0.15, 0.2) is 0 Å². The topological polar surface area (TPSA) is 169 Å². The Morgan fingerprint density at radius 1 is 0.571 bits per heavy atom. The highest BCUT2D eigenvalue weighted by atomic mass is 31.2. The summed E-state index contributed by atoms with van der Waals surface area (Å²) >= 11 is 0. The Morgan fingerprint density at radius 2 is 0.959 bits per heavy atom. The summed E-state index contributed by atoms with van der Waals surface area (Å²) in [5, 5.41) is 21.4. The fraction of sp³-hybridized carbons (Fsp3) is 0.919. The van der Waals surface area contributed by atoms with Crippen LogP contribution < -0.4 is 5.32 Å². The van der Waals surface area contributed by atoms with Gasteiger partial charge in [0.1, 0.15) is 12.7 Å². The van der Waals surface area contributed by atoms with Gasteiger partial charge in [0, 0.05) is 12.8 Å². The van der Waals surface area contributed by atoms with Crippen LogP contribution in [0.5, 0.6) is 0 Å². The van der Waals surface area contributed by atoms with Gasteiger partial charge in [0.25, 0.3) is 0 Å². The summed E-state index contributed by atoms with van der Waals surface area (Å²) in [4.78, 5) is 44.8. The smallest absolute Gasteiger partial charge is 0.472 e. The summed E-state index contributed by atoms with van der Waals surface area (Å²) < 4.78 is 26.2. The first-order valence-corrected chi connectivity index (χ1v) is 21.1. The molecule has 0 aromatic carbocycles. The van der Waals surface area contributed by atoms with E-state index < -0.39 is 57.6 Å². The van der Waals surface area contributed by atoms with Gasteiger partial charge in [-0.2, -0.15) is 0 Å². The number of hydrogen-bond donors (Lipinski definition) is 4. The van der Waals surface area contributed by atoms with Crippen molar-refractivity contribution < 1.29 is 47.8 Å². The zero-order chi connectivity index (χ0) is 36.4. The second-order valence-electron chi connectivity index (χ2n) is 13.5. The summed E-state index contributed by atoms with van der Waals surface area (Å²) in [6.45, 7) is 2.17. The number of rotatable bonds is 37. The molecule has 0 aromatic heterocycles. The highest BCUT2D eigenvalue weighted by molar-refractivity contribution is 7.47. The number of phosphoric ester groups is 1. The molecule has 0 rings (SSSR count). The first-order valence-electron chi connectivity index (χ1n) is 19.6. The average Bonchev–Trinajstić information content (AvgIpc) is 3.06. The Kier molecular flexibility index (Phi) is 32.6. The maximum absolute atomic E-state index is 12.2. The van der Waals surface area contributed by atoms with Gasteiger partial charge in [0.2, 0.25) is 5.91 Å². The van der Waals surface area contributed by atoms with Gasteiger partial charge >= 0.3 is 19.8 Å². The summed E-state index contributed by atoms with van der Waals surface area (Å²) in [6, 6.07) is -1.54. The minimum absolute atomic E-state index is 0.152. The second-order valence-corrected chi connectivity index (χ2v) is 14.9. The van der Waals surface area contributed by atoms with Crippen LogP contribution in [-0.2, 0) is 32.7 Å². The van der Waals surface area contributed by atoms with Crippen molar-refractivity contribution >= 4 is 25.7 Å². The molecular weight excluding hydrogens is 649 g/mol. The molecule has 0 heterocycles. The lowest BCUT2D eigenvalue weighted by Crippen LogP contribution is -2.43. The normalized spacial score (nSPS) is 13.9. The number of hydrogen-bond acceptors (Lipinski definition) is 8. The highest BCUT2D eigenvalue weighted by Gasteiger charge is 2.28. The molecule has 11 nitrogen and oxygen atoms in total. The summed E-state index contributed by atoms with van der Waals surface area (Å²) in [5.74, 6) is -2.42. The van der Waals surface area contributed by atoms with Crippen molar-refractivity contribution in [1.82, 2.24) is 5.32 Å². The minimum Gasteiger partial charge on any atom is -0.480 e. The van der Waals surface area contributed by atoms with E-state index in [-0.39, 0.29) is 12.8 Å². The number of aliphatic carboxylic acids is 1. The maximum Gasteiger partial charge on any atom is 0.472 e. The number of nitrogens with one attached hydrogen (secondary N) is 1. The van der Waals surface area contributed by atoms with E-state index in [4.69, 9.17) is 9.26 Å². The number of phosphoric acid groups is 1. The number of aliphatic hydroxyl groups excluding tert-OH is 1. The molecular formula is C37H72NO10P. The molecule has 3 atom stereocenters. The van der Waals surface area contributed by atoms with Gasteiger partial charge in [-0.15, -0.1) is 0 Å². The number of carbonyl (C=O) groups excluding carboxylic acids is 2. The number of aliphatic hydroxyl groups is 1. The van der Waals surface area contributed by atoms with Gasteiger partial charge in [-0.1, -0.05) is 162 Å². The molecule has 0 spiro atoms. The van der Waals surface area contributed by atoms with Crippen LogP contribution in [0, 0.1) is 0 Å². The number of esters is 1. The van der Waals surface area contributed by atoms with E-state index in [1.807, 2.05) is 0 Å². The molecule has 0 radical (unpaired) electrons. The molecule has 4 N–H and O–H groups in total. The van der Waals surface area contributed by atoms with E-state index >= 15 is 0 Å². The number of ether oxygens (including phenoxy) is 1. The first-order chi connectivity index (χ1) is 23.6. The van der Waals surface area contributed by atoms with Crippen LogP contribution in [0.3, 0.4) is 0 Å². The van der Waals surface area contributed by atoms with Crippen molar-refractivity contribution in [2.75, 3.05) is 19.8 Å². The third-order valence-electron chi connectivity index (χ3n) is 8.62. The van der Waals surface area contributed by atoms with Crippen LogP contribution in [0.4, 0.5) is 0 Å². The Bertz CT molecular complexity index is 859. The number of amides is 1. The quantitative estimate of drug-likeness (QED) is 0.0276. The number of carboxylic acids is 1. The lowest BCUT2D eigenvalue weighted by atomic mass is 10.0. The van der Waals surface area contributed by atoms with Crippen molar-refractivity contribution in [3.05, 3.63) is 0 Å². The molecule has 12 heteroatoms. The summed E-state index contributed by atoms with van der Waals surface area (Å²) in [5.41, 5.74) is 0. The Balaban J connectivity index is 3.68. The summed E-state index contributed by atoms with van der Waals surface area (Å²) in [6.07, 6.45) is 30.5. The number of carbonyl (C=O) groups is 3. The fourth-order valence-electron chi connectivity index (χ4n) is 5.59. The lowest BCUT2D eigenvalue weighted by Gasteiger charge is -2.18. The molecule has 0 aromatic rings. The fourth-order valence-corrected chi connectivity index (χ4v) is 6.36. The zero-order valence-corrected chi connectivity index (χ0v) is 31.9. The molecule has 0 saturated carbocycles. The molecule has 0 aliphatic carbocycles. The van der Waals surface area contributed by atoms with Crippen LogP contribution in [0.25, 0.3) is 0 Å². The monoisotopic (exact) mass is 721 g/mol. The molecule has 0 aliphatic heterocycles. The summed E-state index contributed by atoms with van der Waals surface area (Å²) in [7, 11) is -4.72. The zero-order valence-electron chi connectivity index (χ0n) is 31.0. The molecule has 0 bridgehead atoms. The van der Waals surface area contributed by atoms with Gasteiger partial charge in [-0.3, -0.25) is 18.6 Å². The molecule has 0 fully saturated rings. The van der Waals surface area contributed by atoms with Gasteiger partial charge in [-0.25, -0.2) is 9.36 Å². The van der Waals surface area contributed by atoms with Crippen molar-refractivity contribution in [1.29, 1.82) is 0 Å². The average molecular weight is 722 g/mol. The van der Waals surface area contributed by atoms with Gasteiger partial charge in [0.15, 0.2) is 6.04 Å². The standard InChI is InChI=1S/C37H72NO10P/c1-3-5-6-7-8-9-10-11-12-13-14-15-16-17-18-19-20-21-22-23-24-25-26-27-29-35(40)38-34(37(42)43)32-48-49(44,45)47-31-33(39)30-46-36(41)28-4-2/h33-34,39H,3-32H2,1-2H3,(H,38,40)(H,42,43)(H,44,45). The predicted octanol–water partition coefficient (Wildman–Crippen LogP) is 9.17. The van der Waals surface area contributed by atoms with E-state index in [1.54, 1.807) is 6.92 Å².